The molecule has 26 heavy (non-hydrogen) atoms. The Bertz CT molecular complexity index is 762. The summed E-state index contributed by atoms with van der Waals surface area (Å²) < 4.78 is 17.6. The van der Waals surface area contributed by atoms with Crippen molar-refractivity contribution in [1.82, 2.24) is 15.1 Å². The molecule has 1 aromatic carbocycles. The van der Waals surface area contributed by atoms with Crippen LogP contribution in [-0.2, 0) is 4.79 Å². The van der Waals surface area contributed by atoms with E-state index in [4.69, 9.17) is 14.2 Å². The maximum Gasteiger partial charge on any atom is 0.267 e. The monoisotopic (exact) mass is 355 g/mol. The van der Waals surface area contributed by atoms with E-state index in [0.717, 1.165) is 12.8 Å². The number of likely N-dealkylation sites (tertiary alicyclic amines) is 1. The van der Waals surface area contributed by atoms with Gasteiger partial charge in [0.25, 0.3) is 5.91 Å². The highest BCUT2D eigenvalue weighted by molar-refractivity contribution is 5.82. The van der Waals surface area contributed by atoms with Crippen molar-refractivity contribution in [3.05, 3.63) is 42.6 Å². The van der Waals surface area contributed by atoms with Gasteiger partial charge in [-0.05, 0) is 25.1 Å². The Morgan fingerprint density at radius 3 is 2.54 bits per heavy atom. The van der Waals surface area contributed by atoms with Gasteiger partial charge in [0, 0.05) is 38.2 Å². The number of carbonyl (C=O) groups is 1. The summed E-state index contributed by atoms with van der Waals surface area (Å²) in [5.41, 5.74) is 0. The van der Waals surface area contributed by atoms with Crippen LogP contribution in [0.5, 0.6) is 17.4 Å². The van der Waals surface area contributed by atoms with Crippen molar-refractivity contribution in [2.45, 2.75) is 38.1 Å². The van der Waals surface area contributed by atoms with E-state index in [1.165, 1.54) is 0 Å². The second kappa shape index (κ2) is 7.19. The maximum absolute atomic E-state index is 12.9. The first-order valence-electron chi connectivity index (χ1n) is 8.86. The molecule has 0 radical (unpaired) electrons. The lowest BCUT2D eigenvalue weighted by Crippen LogP contribution is -2.53. The van der Waals surface area contributed by atoms with E-state index >= 15 is 0 Å². The first-order chi connectivity index (χ1) is 12.7. The van der Waals surface area contributed by atoms with Gasteiger partial charge in [0.05, 0.1) is 0 Å². The summed E-state index contributed by atoms with van der Waals surface area (Å²) in [5.74, 6) is 1.78. The summed E-state index contributed by atoms with van der Waals surface area (Å²) in [6.45, 7) is 3.11. The molecule has 0 spiro atoms. The molecule has 2 aromatic rings. The van der Waals surface area contributed by atoms with Gasteiger partial charge < -0.3 is 19.1 Å². The number of rotatable bonds is 3. The second-order valence-electron chi connectivity index (χ2n) is 6.51. The van der Waals surface area contributed by atoms with E-state index in [1.807, 2.05) is 36.1 Å². The summed E-state index contributed by atoms with van der Waals surface area (Å²) in [5, 5.41) is 7.75. The third kappa shape index (κ3) is 3.42. The summed E-state index contributed by atoms with van der Waals surface area (Å²) >= 11 is 0. The van der Waals surface area contributed by atoms with Gasteiger partial charge in [-0.3, -0.25) is 4.79 Å². The molecule has 2 aliphatic heterocycles. The minimum atomic E-state index is -0.623. The summed E-state index contributed by atoms with van der Waals surface area (Å²) in [7, 11) is 0. The summed E-state index contributed by atoms with van der Waals surface area (Å²) in [6.07, 6.45) is 2.20. The van der Waals surface area contributed by atoms with Crippen LogP contribution >= 0.6 is 0 Å². The van der Waals surface area contributed by atoms with Crippen molar-refractivity contribution in [3.8, 4) is 17.4 Å². The van der Waals surface area contributed by atoms with Crippen molar-refractivity contribution >= 4 is 5.91 Å². The molecule has 0 aliphatic carbocycles. The number of hydrogen-bond donors (Lipinski definition) is 0. The molecule has 2 aliphatic rings. The molecule has 1 saturated heterocycles. The van der Waals surface area contributed by atoms with Crippen molar-refractivity contribution in [2.75, 3.05) is 13.1 Å². The predicted molar refractivity (Wildman–Crippen MR) is 93.2 cm³/mol. The minimum absolute atomic E-state index is 0.0371. The molecule has 1 fully saturated rings. The van der Waals surface area contributed by atoms with Crippen molar-refractivity contribution in [3.63, 3.8) is 0 Å². The molecule has 0 bridgehead atoms. The van der Waals surface area contributed by atoms with Crippen molar-refractivity contribution in [2.24, 2.45) is 0 Å². The van der Waals surface area contributed by atoms with Crippen LogP contribution < -0.4 is 14.2 Å². The first kappa shape index (κ1) is 16.6. The molecule has 136 valence electrons. The zero-order chi connectivity index (χ0) is 17.9. The Labute approximate surface area is 151 Å². The molecule has 0 saturated carbocycles. The van der Waals surface area contributed by atoms with Gasteiger partial charge in [0.1, 0.15) is 12.2 Å². The third-order valence-corrected chi connectivity index (χ3v) is 4.67. The molecular formula is C19H21N3O4. The molecule has 2 atom stereocenters. The van der Waals surface area contributed by atoms with Gasteiger partial charge in [0.15, 0.2) is 11.5 Å². The number of nitrogens with zero attached hydrogens (tertiary/aromatic N) is 3. The van der Waals surface area contributed by atoms with Crippen LogP contribution in [0.15, 0.2) is 42.6 Å². The molecular weight excluding hydrogens is 334 g/mol. The van der Waals surface area contributed by atoms with E-state index in [1.54, 1.807) is 18.3 Å². The average molecular weight is 355 g/mol. The molecule has 2 unspecified atom stereocenters. The Morgan fingerprint density at radius 2 is 1.85 bits per heavy atom. The number of benzene rings is 1. The normalized spacial score (nSPS) is 22.7. The Hall–Kier alpha value is -2.83. The highest BCUT2D eigenvalue weighted by Gasteiger charge is 2.38. The fourth-order valence-corrected chi connectivity index (χ4v) is 3.29. The Morgan fingerprint density at radius 1 is 1.12 bits per heavy atom. The van der Waals surface area contributed by atoms with E-state index in [-0.39, 0.29) is 18.1 Å². The van der Waals surface area contributed by atoms with Crippen LogP contribution in [0.2, 0.25) is 0 Å². The molecule has 3 heterocycles. The van der Waals surface area contributed by atoms with E-state index in [2.05, 4.69) is 10.2 Å². The van der Waals surface area contributed by atoms with Gasteiger partial charge >= 0.3 is 0 Å². The molecule has 0 N–H and O–H groups in total. The fourth-order valence-electron chi connectivity index (χ4n) is 3.29. The Kier molecular flexibility index (Phi) is 4.60. The van der Waals surface area contributed by atoms with Crippen LogP contribution in [-0.4, -0.2) is 52.4 Å². The number of hydrogen-bond acceptors (Lipinski definition) is 6. The average Bonchev–Trinajstić information content (AvgIpc) is 2.68. The lowest BCUT2D eigenvalue weighted by atomic mass is 10.1. The summed E-state index contributed by atoms with van der Waals surface area (Å²) in [6, 6.07) is 11.0. The van der Waals surface area contributed by atoms with Crippen molar-refractivity contribution < 1.29 is 19.0 Å². The zero-order valence-electron chi connectivity index (χ0n) is 14.6. The molecule has 1 aromatic heterocycles. The van der Waals surface area contributed by atoms with Gasteiger partial charge in [-0.25, -0.2) is 0 Å². The number of para-hydroxylation sites is 2. The molecule has 1 amide bonds. The van der Waals surface area contributed by atoms with Gasteiger partial charge in [0.2, 0.25) is 12.0 Å². The number of amides is 1. The number of fused-ring (bicyclic) bond motifs is 1. The zero-order valence-corrected chi connectivity index (χ0v) is 14.6. The number of aromatic nitrogens is 2. The van der Waals surface area contributed by atoms with Crippen LogP contribution in [0.1, 0.15) is 19.8 Å². The minimum Gasteiger partial charge on any atom is -0.482 e. The molecule has 7 heteroatoms. The SMILES string of the molecule is CC1Oc2ccccc2OC1C(=O)N1CCC(Oc2cccnn2)CC1. The number of ether oxygens (including phenoxy) is 3. The lowest BCUT2D eigenvalue weighted by molar-refractivity contribution is -0.146. The van der Waals surface area contributed by atoms with Crippen LogP contribution in [0.25, 0.3) is 0 Å². The van der Waals surface area contributed by atoms with E-state index < -0.39 is 6.10 Å². The van der Waals surface area contributed by atoms with Gasteiger partial charge in [-0.15, -0.1) is 5.10 Å². The smallest absolute Gasteiger partial charge is 0.267 e. The quantitative estimate of drug-likeness (QED) is 0.839. The largest absolute Gasteiger partial charge is 0.482 e. The molecule has 4 rings (SSSR count). The molecule has 7 nitrogen and oxygen atoms in total. The summed E-state index contributed by atoms with van der Waals surface area (Å²) in [4.78, 5) is 14.7. The third-order valence-electron chi connectivity index (χ3n) is 4.67. The highest BCUT2D eigenvalue weighted by Crippen LogP contribution is 2.34. The van der Waals surface area contributed by atoms with Crippen LogP contribution in [0.3, 0.4) is 0 Å². The predicted octanol–water partition coefficient (Wildman–Crippen LogP) is 2.07. The fraction of sp³-hybridized carbons (Fsp3) is 0.421. The second-order valence-corrected chi connectivity index (χ2v) is 6.51. The lowest BCUT2D eigenvalue weighted by Gasteiger charge is -2.37. The van der Waals surface area contributed by atoms with E-state index in [0.29, 0.717) is 30.5 Å². The van der Waals surface area contributed by atoms with E-state index in [9.17, 15) is 4.79 Å². The van der Waals surface area contributed by atoms with Gasteiger partial charge in [-0.2, -0.15) is 5.10 Å². The standard InChI is InChI=1S/C19H21N3O4/c1-13-18(26-16-6-3-2-5-15(16)24-13)19(23)22-11-8-14(9-12-22)25-17-7-4-10-20-21-17/h2-7,10,13-14,18H,8-9,11-12H2,1H3. The topological polar surface area (TPSA) is 73.8 Å². The maximum atomic E-state index is 12.9. The Balaban J connectivity index is 1.35. The van der Waals surface area contributed by atoms with Crippen molar-refractivity contribution in [1.29, 1.82) is 0 Å². The first-order valence-corrected chi connectivity index (χ1v) is 8.86. The highest BCUT2D eigenvalue weighted by atomic mass is 16.6. The number of carbonyl (C=O) groups excluding carboxylic acids is 1. The number of piperidine rings is 1. The van der Waals surface area contributed by atoms with Crippen LogP contribution in [0, 0.1) is 0 Å². The van der Waals surface area contributed by atoms with Crippen LogP contribution in [0.4, 0.5) is 0 Å². The van der Waals surface area contributed by atoms with Gasteiger partial charge in [-0.1, -0.05) is 12.1 Å².